The third-order valence-corrected chi connectivity index (χ3v) is 5.30. The lowest BCUT2D eigenvalue weighted by Crippen LogP contribution is -2.49. The minimum absolute atomic E-state index is 0.0748. The fourth-order valence-electron chi connectivity index (χ4n) is 3.33. The van der Waals surface area contributed by atoms with Crippen LogP contribution in [0.3, 0.4) is 0 Å². The molecular formula is C20H24ClFN4. The van der Waals surface area contributed by atoms with Gasteiger partial charge >= 0.3 is 0 Å². The number of benzene rings is 1. The van der Waals surface area contributed by atoms with Gasteiger partial charge in [-0.15, -0.1) is 0 Å². The van der Waals surface area contributed by atoms with E-state index in [4.69, 9.17) is 11.6 Å². The van der Waals surface area contributed by atoms with Gasteiger partial charge in [0.25, 0.3) is 0 Å². The number of guanidine groups is 1. The Kier molecular flexibility index (Phi) is 6.09. The first-order chi connectivity index (χ1) is 12.6. The number of halogens is 2. The number of hydrogen-bond donors (Lipinski definition) is 2. The molecule has 4 nitrogen and oxygen atoms in total. The monoisotopic (exact) mass is 374 g/mol. The average Bonchev–Trinajstić information content (AvgIpc) is 2.62. The van der Waals surface area contributed by atoms with Gasteiger partial charge in [0.2, 0.25) is 0 Å². The fourth-order valence-corrected chi connectivity index (χ4v) is 3.44. The zero-order chi connectivity index (χ0) is 18.4. The number of hydrogen-bond acceptors (Lipinski definition) is 2. The van der Waals surface area contributed by atoms with E-state index in [1.54, 1.807) is 31.4 Å². The van der Waals surface area contributed by atoms with Crippen LogP contribution < -0.4 is 10.6 Å². The van der Waals surface area contributed by atoms with Crippen LogP contribution in [0.5, 0.6) is 0 Å². The highest BCUT2D eigenvalue weighted by Crippen LogP contribution is 2.43. The smallest absolute Gasteiger partial charge is 0.191 e. The molecule has 0 amide bonds. The molecule has 6 heteroatoms. The lowest BCUT2D eigenvalue weighted by Gasteiger charge is -2.43. The molecule has 1 aliphatic carbocycles. The standard InChI is InChI=1S/C20H24ClFN4/c1-23-19(24-12-9-15-3-8-18(21)25-13-15)26-14-20(10-2-11-20)16-4-6-17(22)7-5-16/h3-8,13H,2,9-12,14H2,1H3,(H2,23,24,26). The molecule has 1 fully saturated rings. The van der Waals surface area contributed by atoms with Gasteiger partial charge in [0.1, 0.15) is 11.0 Å². The van der Waals surface area contributed by atoms with Gasteiger partial charge in [-0.25, -0.2) is 9.37 Å². The van der Waals surface area contributed by atoms with Crippen LogP contribution >= 0.6 is 11.6 Å². The number of aliphatic imine (C=N–C) groups is 1. The summed E-state index contributed by atoms with van der Waals surface area (Å²) >= 11 is 5.80. The van der Waals surface area contributed by atoms with Crippen molar-refractivity contribution in [1.29, 1.82) is 0 Å². The lowest BCUT2D eigenvalue weighted by molar-refractivity contribution is 0.243. The predicted molar refractivity (Wildman–Crippen MR) is 104 cm³/mol. The fraction of sp³-hybridized carbons (Fsp3) is 0.400. The van der Waals surface area contributed by atoms with Gasteiger partial charge < -0.3 is 10.6 Å². The second-order valence-electron chi connectivity index (χ2n) is 6.73. The van der Waals surface area contributed by atoms with Crippen LogP contribution in [0.4, 0.5) is 4.39 Å². The molecule has 3 rings (SSSR count). The minimum atomic E-state index is -0.189. The SMILES string of the molecule is CN=C(NCCc1ccc(Cl)nc1)NCC1(c2ccc(F)cc2)CCC1. The summed E-state index contributed by atoms with van der Waals surface area (Å²) in [6.45, 7) is 1.55. The van der Waals surface area contributed by atoms with Crippen LogP contribution in [-0.2, 0) is 11.8 Å². The first-order valence-corrected chi connectivity index (χ1v) is 9.30. The molecule has 0 radical (unpaired) electrons. The molecule has 138 valence electrons. The molecule has 0 bridgehead atoms. The Morgan fingerprint density at radius 2 is 1.96 bits per heavy atom. The maximum absolute atomic E-state index is 13.2. The Balaban J connectivity index is 1.51. The van der Waals surface area contributed by atoms with E-state index in [-0.39, 0.29) is 11.2 Å². The molecule has 0 saturated heterocycles. The summed E-state index contributed by atoms with van der Waals surface area (Å²) in [5.41, 5.74) is 2.39. The van der Waals surface area contributed by atoms with E-state index in [1.165, 1.54) is 12.0 Å². The molecule has 0 unspecified atom stereocenters. The number of pyridine rings is 1. The topological polar surface area (TPSA) is 49.3 Å². The number of nitrogens with zero attached hydrogens (tertiary/aromatic N) is 2. The van der Waals surface area contributed by atoms with E-state index < -0.39 is 0 Å². The van der Waals surface area contributed by atoms with E-state index in [1.807, 2.05) is 18.2 Å². The Hall–Kier alpha value is -2.14. The van der Waals surface area contributed by atoms with Gasteiger partial charge in [-0.2, -0.15) is 0 Å². The van der Waals surface area contributed by atoms with E-state index >= 15 is 0 Å². The summed E-state index contributed by atoms with van der Waals surface area (Å²) in [6.07, 6.45) is 6.05. The second-order valence-corrected chi connectivity index (χ2v) is 7.12. The van der Waals surface area contributed by atoms with Crippen LogP contribution in [0.15, 0.2) is 47.6 Å². The molecule has 1 aromatic carbocycles. The van der Waals surface area contributed by atoms with Crippen molar-refractivity contribution in [3.63, 3.8) is 0 Å². The summed E-state index contributed by atoms with van der Waals surface area (Å²) < 4.78 is 13.2. The molecule has 2 N–H and O–H groups in total. The van der Waals surface area contributed by atoms with Crippen molar-refractivity contribution in [3.05, 3.63) is 64.7 Å². The summed E-state index contributed by atoms with van der Waals surface area (Å²) in [5.74, 6) is 0.589. The van der Waals surface area contributed by atoms with Gasteiger partial charge in [-0.3, -0.25) is 4.99 Å². The summed E-state index contributed by atoms with van der Waals surface area (Å²) in [5, 5.41) is 7.27. The Morgan fingerprint density at radius 3 is 2.54 bits per heavy atom. The van der Waals surface area contributed by atoms with Gasteiger partial charge in [-0.05, 0) is 48.6 Å². The maximum atomic E-state index is 13.2. The molecule has 0 spiro atoms. The highest BCUT2D eigenvalue weighted by Gasteiger charge is 2.38. The van der Waals surface area contributed by atoms with Crippen LogP contribution in [0.2, 0.25) is 5.15 Å². The largest absolute Gasteiger partial charge is 0.356 e. The van der Waals surface area contributed by atoms with Gasteiger partial charge in [0.15, 0.2) is 5.96 Å². The van der Waals surface area contributed by atoms with E-state index in [0.29, 0.717) is 5.15 Å². The van der Waals surface area contributed by atoms with Crippen molar-refractivity contribution in [2.45, 2.75) is 31.1 Å². The van der Waals surface area contributed by atoms with Gasteiger partial charge in [0, 0.05) is 31.7 Å². The highest BCUT2D eigenvalue weighted by molar-refractivity contribution is 6.29. The molecular weight excluding hydrogens is 351 g/mol. The summed E-state index contributed by atoms with van der Waals surface area (Å²) in [6, 6.07) is 10.7. The molecule has 0 aliphatic heterocycles. The minimum Gasteiger partial charge on any atom is -0.356 e. The Bertz CT molecular complexity index is 739. The number of nitrogens with one attached hydrogen (secondary N) is 2. The van der Waals surface area contributed by atoms with Crippen molar-refractivity contribution in [2.75, 3.05) is 20.1 Å². The second kappa shape index (κ2) is 8.49. The molecule has 1 heterocycles. The predicted octanol–water partition coefficient (Wildman–Crippen LogP) is 3.70. The molecule has 26 heavy (non-hydrogen) atoms. The molecule has 0 atom stereocenters. The van der Waals surface area contributed by atoms with E-state index in [9.17, 15) is 4.39 Å². The first-order valence-electron chi connectivity index (χ1n) is 8.92. The third kappa shape index (κ3) is 4.52. The quantitative estimate of drug-likeness (QED) is 0.460. The number of rotatable bonds is 6. The van der Waals surface area contributed by atoms with Gasteiger partial charge in [0.05, 0.1) is 0 Å². The van der Waals surface area contributed by atoms with Crippen molar-refractivity contribution in [3.8, 4) is 0 Å². The zero-order valence-electron chi connectivity index (χ0n) is 14.9. The summed E-state index contributed by atoms with van der Waals surface area (Å²) in [4.78, 5) is 8.39. The molecule has 1 aromatic heterocycles. The van der Waals surface area contributed by atoms with Crippen LogP contribution in [0.25, 0.3) is 0 Å². The van der Waals surface area contributed by atoms with Crippen molar-refractivity contribution in [2.24, 2.45) is 4.99 Å². The van der Waals surface area contributed by atoms with Crippen LogP contribution in [0.1, 0.15) is 30.4 Å². The molecule has 1 aliphatic rings. The van der Waals surface area contributed by atoms with Crippen LogP contribution in [0, 0.1) is 5.82 Å². The Labute approximate surface area is 158 Å². The number of aromatic nitrogens is 1. The average molecular weight is 375 g/mol. The highest BCUT2D eigenvalue weighted by atomic mass is 35.5. The third-order valence-electron chi connectivity index (χ3n) is 5.08. The molecule has 1 saturated carbocycles. The van der Waals surface area contributed by atoms with E-state index in [2.05, 4.69) is 20.6 Å². The normalized spacial score (nSPS) is 16.0. The van der Waals surface area contributed by atoms with Gasteiger partial charge in [-0.1, -0.05) is 36.2 Å². The first kappa shape index (κ1) is 18.6. The molecule has 2 aromatic rings. The summed E-state index contributed by atoms with van der Waals surface area (Å²) in [7, 11) is 1.77. The van der Waals surface area contributed by atoms with Crippen molar-refractivity contribution >= 4 is 17.6 Å². The maximum Gasteiger partial charge on any atom is 0.191 e. The lowest BCUT2D eigenvalue weighted by atomic mass is 9.64. The van der Waals surface area contributed by atoms with Crippen LogP contribution in [-0.4, -0.2) is 31.1 Å². The Morgan fingerprint density at radius 1 is 1.19 bits per heavy atom. The zero-order valence-corrected chi connectivity index (χ0v) is 15.7. The van der Waals surface area contributed by atoms with Crippen molar-refractivity contribution in [1.82, 2.24) is 15.6 Å². The van der Waals surface area contributed by atoms with Crippen molar-refractivity contribution < 1.29 is 4.39 Å². The van der Waals surface area contributed by atoms with E-state index in [0.717, 1.165) is 43.9 Å².